The van der Waals surface area contributed by atoms with Crippen molar-refractivity contribution in [3.8, 4) is 0 Å². The minimum absolute atomic E-state index is 0.0559. The Balaban J connectivity index is 2.15. The van der Waals surface area contributed by atoms with Gasteiger partial charge in [-0.05, 0) is 24.1 Å². The molecule has 1 aromatic carbocycles. The summed E-state index contributed by atoms with van der Waals surface area (Å²) in [4.78, 5) is 23.1. The molecule has 0 spiro atoms. The summed E-state index contributed by atoms with van der Waals surface area (Å²) in [6, 6.07) is 6.41. The Hall–Kier alpha value is -2.01. The molecular formula is C15H17ClN2O3. The number of halogens is 1. The second-order valence-corrected chi connectivity index (χ2v) is 5.65. The smallest absolute Gasteiger partial charge is 0.326 e. The van der Waals surface area contributed by atoms with Gasteiger partial charge in [-0.2, -0.15) is 0 Å². The zero-order valence-corrected chi connectivity index (χ0v) is 12.6. The number of hydrogen-bond acceptors (Lipinski definition) is 2. The van der Waals surface area contributed by atoms with Crippen LogP contribution >= 0.6 is 11.6 Å². The molecule has 1 heterocycles. The van der Waals surface area contributed by atoms with Gasteiger partial charge in [0.25, 0.3) is 0 Å². The molecule has 2 aromatic rings. The second-order valence-electron chi connectivity index (χ2n) is 5.24. The fraction of sp³-hybridized carbons (Fsp3) is 0.333. The highest BCUT2D eigenvalue weighted by Crippen LogP contribution is 2.24. The Bertz CT molecular complexity index is 679. The SMILES string of the molecule is CC(C)C(NC(=O)Cn1ccc2c(Cl)cccc21)C(=O)O. The molecule has 0 aliphatic carbocycles. The minimum atomic E-state index is -1.03. The van der Waals surface area contributed by atoms with Crippen LogP contribution in [-0.4, -0.2) is 27.6 Å². The predicted octanol–water partition coefficient (Wildman–Crippen LogP) is 2.52. The third-order valence-electron chi connectivity index (χ3n) is 3.32. The summed E-state index contributed by atoms with van der Waals surface area (Å²) in [5, 5.41) is 13.1. The number of carbonyl (C=O) groups is 2. The fourth-order valence-corrected chi connectivity index (χ4v) is 2.44. The van der Waals surface area contributed by atoms with Gasteiger partial charge >= 0.3 is 5.97 Å². The Morgan fingerprint density at radius 1 is 1.33 bits per heavy atom. The lowest BCUT2D eigenvalue weighted by atomic mass is 10.1. The summed E-state index contributed by atoms with van der Waals surface area (Å²) in [6.07, 6.45) is 1.77. The van der Waals surface area contributed by atoms with E-state index in [0.717, 1.165) is 10.9 Å². The molecule has 1 atom stereocenters. The van der Waals surface area contributed by atoms with Gasteiger partial charge in [0.2, 0.25) is 5.91 Å². The van der Waals surface area contributed by atoms with Crippen LogP contribution in [0.2, 0.25) is 5.02 Å². The molecule has 2 rings (SSSR count). The van der Waals surface area contributed by atoms with E-state index in [0.29, 0.717) is 5.02 Å². The number of nitrogens with one attached hydrogen (secondary N) is 1. The normalized spacial score (nSPS) is 12.6. The van der Waals surface area contributed by atoms with Crippen LogP contribution in [0.1, 0.15) is 13.8 Å². The molecule has 0 fully saturated rings. The number of carboxylic acids is 1. The molecule has 5 nitrogen and oxygen atoms in total. The molecule has 0 bridgehead atoms. The van der Waals surface area contributed by atoms with Crippen LogP contribution in [0.25, 0.3) is 10.9 Å². The first-order chi connectivity index (χ1) is 9.90. The van der Waals surface area contributed by atoms with Crippen molar-refractivity contribution in [2.45, 2.75) is 26.4 Å². The van der Waals surface area contributed by atoms with Crippen molar-refractivity contribution >= 4 is 34.4 Å². The molecule has 0 aliphatic heterocycles. The topological polar surface area (TPSA) is 71.3 Å². The number of rotatable bonds is 5. The van der Waals surface area contributed by atoms with Crippen LogP contribution in [0.3, 0.4) is 0 Å². The van der Waals surface area contributed by atoms with Crippen molar-refractivity contribution < 1.29 is 14.7 Å². The molecule has 0 radical (unpaired) electrons. The molecule has 1 unspecified atom stereocenters. The molecule has 0 saturated heterocycles. The molecule has 1 amide bonds. The Kier molecular flexibility index (Phi) is 4.53. The maximum atomic E-state index is 12.0. The van der Waals surface area contributed by atoms with Crippen molar-refractivity contribution in [2.24, 2.45) is 5.92 Å². The van der Waals surface area contributed by atoms with Gasteiger partial charge in [0.1, 0.15) is 12.6 Å². The highest BCUT2D eigenvalue weighted by Gasteiger charge is 2.23. The van der Waals surface area contributed by atoms with Gasteiger partial charge in [-0.3, -0.25) is 4.79 Å². The van der Waals surface area contributed by atoms with E-state index >= 15 is 0 Å². The second kappa shape index (κ2) is 6.18. The number of amides is 1. The highest BCUT2D eigenvalue weighted by atomic mass is 35.5. The van der Waals surface area contributed by atoms with Crippen molar-refractivity contribution in [2.75, 3.05) is 0 Å². The molecule has 1 aromatic heterocycles. The average molecular weight is 309 g/mol. The quantitative estimate of drug-likeness (QED) is 0.891. The molecule has 0 aliphatic rings. The zero-order chi connectivity index (χ0) is 15.6. The third kappa shape index (κ3) is 3.36. The third-order valence-corrected chi connectivity index (χ3v) is 3.65. The van der Waals surface area contributed by atoms with Crippen molar-refractivity contribution in [3.05, 3.63) is 35.5 Å². The largest absolute Gasteiger partial charge is 0.480 e. The zero-order valence-electron chi connectivity index (χ0n) is 11.8. The standard InChI is InChI=1S/C15H17ClN2O3/c1-9(2)14(15(20)21)17-13(19)8-18-7-6-10-11(16)4-3-5-12(10)18/h3-7,9,14H,8H2,1-2H3,(H,17,19)(H,20,21). The van der Waals surface area contributed by atoms with E-state index in [9.17, 15) is 9.59 Å². The minimum Gasteiger partial charge on any atom is -0.480 e. The number of nitrogens with zero attached hydrogens (tertiary/aromatic N) is 1. The number of aliphatic carboxylic acids is 1. The van der Waals surface area contributed by atoms with E-state index in [1.54, 1.807) is 30.7 Å². The van der Waals surface area contributed by atoms with Gasteiger partial charge in [0, 0.05) is 22.1 Å². The van der Waals surface area contributed by atoms with Crippen molar-refractivity contribution in [1.29, 1.82) is 0 Å². The van der Waals surface area contributed by atoms with Gasteiger partial charge in [-0.15, -0.1) is 0 Å². The Morgan fingerprint density at radius 2 is 2.05 bits per heavy atom. The van der Waals surface area contributed by atoms with Gasteiger partial charge < -0.3 is 15.0 Å². The molecule has 0 saturated carbocycles. The maximum absolute atomic E-state index is 12.0. The first kappa shape index (κ1) is 15.4. The Morgan fingerprint density at radius 3 is 2.67 bits per heavy atom. The van der Waals surface area contributed by atoms with Crippen molar-refractivity contribution in [1.82, 2.24) is 9.88 Å². The predicted molar refractivity (Wildman–Crippen MR) is 81.4 cm³/mol. The van der Waals surface area contributed by atoms with E-state index in [-0.39, 0.29) is 18.4 Å². The Labute approximate surface area is 127 Å². The van der Waals surface area contributed by atoms with Gasteiger partial charge in [0.05, 0.1) is 0 Å². The molecular weight excluding hydrogens is 292 g/mol. The van der Waals surface area contributed by atoms with Crippen LogP contribution in [0.5, 0.6) is 0 Å². The lowest BCUT2D eigenvalue weighted by Gasteiger charge is -2.18. The first-order valence-electron chi connectivity index (χ1n) is 6.65. The average Bonchev–Trinajstić information content (AvgIpc) is 2.80. The lowest BCUT2D eigenvalue weighted by Crippen LogP contribution is -2.45. The van der Waals surface area contributed by atoms with E-state index in [1.165, 1.54) is 0 Å². The van der Waals surface area contributed by atoms with Gasteiger partial charge in [0.15, 0.2) is 0 Å². The van der Waals surface area contributed by atoms with Gasteiger partial charge in [-0.25, -0.2) is 4.79 Å². The summed E-state index contributed by atoms with van der Waals surface area (Å²) < 4.78 is 1.75. The van der Waals surface area contributed by atoms with Crippen LogP contribution < -0.4 is 5.32 Å². The molecule has 112 valence electrons. The number of aromatic nitrogens is 1. The number of carboxylic acid groups (broad SMARTS) is 1. The molecule has 21 heavy (non-hydrogen) atoms. The van der Waals surface area contributed by atoms with Crippen LogP contribution in [0, 0.1) is 5.92 Å². The highest BCUT2D eigenvalue weighted by molar-refractivity contribution is 6.35. The number of carbonyl (C=O) groups excluding carboxylic acids is 1. The van der Waals surface area contributed by atoms with Gasteiger partial charge in [-0.1, -0.05) is 31.5 Å². The van der Waals surface area contributed by atoms with E-state index in [1.807, 2.05) is 18.2 Å². The monoisotopic (exact) mass is 308 g/mol. The number of fused-ring (bicyclic) bond motifs is 1. The molecule has 2 N–H and O–H groups in total. The van der Waals surface area contributed by atoms with E-state index in [2.05, 4.69) is 5.32 Å². The van der Waals surface area contributed by atoms with Crippen LogP contribution in [-0.2, 0) is 16.1 Å². The summed E-state index contributed by atoms with van der Waals surface area (Å²) in [6.45, 7) is 3.56. The maximum Gasteiger partial charge on any atom is 0.326 e. The van der Waals surface area contributed by atoms with E-state index in [4.69, 9.17) is 16.7 Å². The van der Waals surface area contributed by atoms with E-state index < -0.39 is 12.0 Å². The van der Waals surface area contributed by atoms with Crippen LogP contribution in [0.15, 0.2) is 30.5 Å². The van der Waals surface area contributed by atoms with Crippen LogP contribution in [0.4, 0.5) is 0 Å². The summed E-state index contributed by atoms with van der Waals surface area (Å²) >= 11 is 6.08. The lowest BCUT2D eigenvalue weighted by molar-refractivity contribution is -0.143. The summed E-state index contributed by atoms with van der Waals surface area (Å²) in [5.41, 5.74) is 0.842. The number of hydrogen-bond donors (Lipinski definition) is 2. The summed E-state index contributed by atoms with van der Waals surface area (Å²) in [5.74, 6) is -1.55. The van der Waals surface area contributed by atoms with Crippen molar-refractivity contribution in [3.63, 3.8) is 0 Å². The number of benzene rings is 1. The first-order valence-corrected chi connectivity index (χ1v) is 7.03. The fourth-order valence-electron chi connectivity index (χ4n) is 2.21. The molecule has 6 heteroatoms. The summed E-state index contributed by atoms with van der Waals surface area (Å²) in [7, 11) is 0.